The van der Waals surface area contributed by atoms with E-state index in [1.54, 1.807) is 0 Å². The van der Waals surface area contributed by atoms with Gasteiger partial charge in [-0.15, -0.1) is 0 Å². The molecule has 0 aliphatic heterocycles. The van der Waals surface area contributed by atoms with Gasteiger partial charge in [-0.3, -0.25) is 4.79 Å². The summed E-state index contributed by atoms with van der Waals surface area (Å²) in [5, 5.41) is 2.48. The lowest BCUT2D eigenvalue weighted by Crippen LogP contribution is -2.20. The predicted octanol–water partition coefficient (Wildman–Crippen LogP) is -0.601. The van der Waals surface area contributed by atoms with Crippen LogP contribution in [0.3, 0.4) is 0 Å². The van der Waals surface area contributed by atoms with E-state index in [-0.39, 0.29) is 17.5 Å². The summed E-state index contributed by atoms with van der Waals surface area (Å²) in [7, 11) is -3.33. The van der Waals surface area contributed by atoms with Crippen LogP contribution in [0.4, 0.5) is 5.69 Å². The van der Waals surface area contributed by atoms with Gasteiger partial charge in [0.25, 0.3) is 0 Å². The number of carbonyl (C=O) groups excluding carboxylic acids is 1. The van der Waals surface area contributed by atoms with Gasteiger partial charge in [-0.1, -0.05) is 0 Å². The fourth-order valence-electron chi connectivity index (χ4n) is 1.12. The fourth-order valence-corrected chi connectivity index (χ4v) is 1.68. The number of anilines is 1. The van der Waals surface area contributed by atoms with E-state index in [2.05, 4.69) is 10.3 Å². The van der Waals surface area contributed by atoms with Gasteiger partial charge in [0.2, 0.25) is 5.91 Å². The largest absolute Gasteiger partial charge is 0.370 e. The van der Waals surface area contributed by atoms with Crippen molar-refractivity contribution in [2.24, 2.45) is 5.73 Å². The Balaban J connectivity index is 2.56. The molecule has 3 N–H and O–H groups in total. The second-order valence-electron chi connectivity index (χ2n) is 3.55. The molecule has 1 heterocycles. The van der Waals surface area contributed by atoms with Crippen LogP contribution in [-0.2, 0) is 19.4 Å². The molecule has 0 unspecified atom stereocenters. The number of hydrogen-bond donors (Lipinski definition) is 2. The van der Waals surface area contributed by atoms with Gasteiger partial charge in [-0.05, 0) is 12.1 Å². The van der Waals surface area contributed by atoms with Crippen molar-refractivity contribution in [2.45, 2.75) is 5.03 Å². The van der Waals surface area contributed by atoms with Gasteiger partial charge in [0.1, 0.15) is 6.61 Å². The molecule has 1 aromatic heterocycles. The van der Waals surface area contributed by atoms with Gasteiger partial charge < -0.3 is 15.8 Å². The number of ether oxygens (including phenoxy) is 1. The zero-order chi connectivity index (χ0) is 13.6. The Kier molecular flexibility index (Phi) is 5.20. The number of sulfone groups is 1. The van der Waals surface area contributed by atoms with E-state index >= 15 is 0 Å². The lowest BCUT2D eigenvalue weighted by Gasteiger charge is -2.05. The zero-order valence-electron chi connectivity index (χ0n) is 9.92. The van der Waals surface area contributed by atoms with Crippen molar-refractivity contribution in [3.8, 4) is 0 Å². The Hall–Kier alpha value is -1.51. The van der Waals surface area contributed by atoms with Crippen LogP contribution in [0.2, 0.25) is 0 Å². The van der Waals surface area contributed by atoms with Crippen molar-refractivity contribution >= 4 is 21.4 Å². The smallest absolute Gasteiger partial charge is 0.250 e. The Morgan fingerprint density at radius 2 is 2.22 bits per heavy atom. The maximum absolute atomic E-state index is 11.3. The molecule has 0 fully saturated rings. The second-order valence-corrected chi connectivity index (χ2v) is 5.51. The highest BCUT2D eigenvalue weighted by molar-refractivity contribution is 7.90. The van der Waals surface area contributed by atoms with Crippen molar-refractivity contribution in [3.05, 3.63) is 18.3 Å². The van der Waals surface area contributed by atoms with E-state index in [1.165, 1.54) is 18.3 Å². The highest BCUT2D eigenvalue weighted by Crippen LogP contribution is 2.09. The molecule has 18 heavy (non-hydrogen) atoms. The number of carbonyl (C=O) groups is 1. The third kappa shape index (κ3) is 4.78. The quantitative estimate of drug-likeness (QED) is 0.669. The van der Waals surface area contributed by atoms with E-state index in [9.17, 15) is 13.2 Å². The summed E-state index contributed by atoms with van der Waals surface area (Å²) >= 11 is 0. The Morgan fingerprint density at radius 3 is 2.72 bits per heavy atom. The molecule has 0 aliphatic carbocycles. The fraction of sp³-hybridized carbons (Fsp3) is 0.400. The topological polar surface area (TPSA) is 111 Å². The van der Waals surface area contributed by atoms with Crippen molar-refractivity contribution in [1.82, 2.24) is 4.98 Å². The third-order valence-electron chi connectivity index (χ3n) is 1.90. The van der Waals surface area contributed by atoms with Crippen LogP contribution in [0.1, 0.15) is 0 Å². The Bertz CT molecular complexity index is 498. The maximum atomic E-state index is 11.3. The van der Waals surface area contributed by atoms with Crippen LogP contribution in [0.15, 0.2) is 23.4 Å². The highest BCUT2D eigenvalue weighted by Gasteiger charge is 2.09. The van der Waals surface area contributed by atoms with Crippen LogP contribution < -0.4 is 11.1 Å². The Morgan fingerprint density at radius 1 is 1.50 bits per heavy atom. The first-order valence-corrected chi connectivity index (χ1v) is 7.06. The minimum atomic E-state index is -3.33. The standard InChI is InChI=1S/C10H15N3O4S/c1-18(15,16)10-3-2-8(6-12-10)13-9(14)7-17-5-4-11/h2-3,6H,4-5,7,11H2,1H3,(H,13,14). The van der Waals surface area contributed by atoms with Crippen molar-refractivity contribution in [3.63, 3.8) is 0 Å². The summed E-state index contributed by atoms with van der Waals surface area (Å²) in [6.07, 6.45) is 2.34. The molecule has 0 radical (unpaired) electrons. The summed E-state index contributed by atoms with van der Waals surface area (Å²) in [4.78, 5) is 15.1. The molecule has 1 rings (SSSR count). The predicted molar refractivity (Wildman–Crippen MR) is 65.8 cm³/mol. The number of nitrogens with two attached hydrogens (primary N) is 1. The normalized spacial score (nSPS) is 11.2. The molecular formula is C10H15N3O4S. The molecule has 7 nitrogen and oxygen atoms in total. The average molecular weight is 273 g/mol. The molecule has 8 heteroatoms. The molecule has 0 bridgehead atoms. The van der Waals surface area contributed by atoms with Crippen molar-refractivity contribution in [2.75, 3.05) is 31.3 Å². The minimum absolute atomic E-state index is 0.0418. The molecule has 0 spiro atoms. The van der Waals surface area contributed by atoms with Crippen LogP contribution in [-0.4, -0.2) is 45.3 Å². The summed E-state index contributed by atoms with van der Waals surface area (Å²) in [6.45, 7) is 0.543. The zero-order valence-corrected chi connectivity index (χ0v) is 10.7. The van der Waals surface area contributed by atoms with Gasteiger partial charge in [0.15, 0.2) is 14.9 Å². The number of rotatable bonds is 6. The molecule has 0 saturated carbocycles. The molecule has 100 valence electrons. The molecule has 0 atom stereocenters. The molecular weight excluding hydrogens is 258 g/mol. The molecule has 0 aromatic carbocycles. The van der Waals surface area contributed by atoms with E-state index in [0.29, 0.717) is 18.8 Å². The first kappa shape index (κ1) is 14.6. The second kappa shape index (κ2) is 6.43. The average Bonchev–Trinajstić information content (AvgIpc) is 2.29. The number of pyridine rings is 1. The van der Waals surface area contributed by atoms with Gasteiger partial charge in [-0.25, -0.2) is 13.4 Å². The third-order valence-corrected chi connectivity index (χ3v) is 2.90. The first-order valence-electron chi connectivity index (χ1n) is 5.17. The first-order chi connectivity index (χ1) is 8.43. The van der Waals surface area contributed by atoms with E-state index in [0.717, 1.165) is 6.26 Å². The number of hydrogen-bond acceptors (Lipinski definition) is 6. The minimum Gasteiger partial charge on any atom is -0.370 e. The lowest BCUT2D eigenvalue weighted by atomic mass is 10.4. The number of amides is 1. The van der Waals surface area contributed by atoms with E-state index in [4.69, 9.17) is 10.5 Å². The number of aromatic nitrogens is 1. The molecule has 1 aromatic rings. The van der Waals surface area contributed by atoms with Crippen molar-refractivity contribution < 1.29 is 17.9 Å². The molecule has 0 saturated heterocycles. The summed E-state index contributed by atoms with van der Waals surface area (Å²) < 4.78 is 27.3. The molecule has 1 amide bonds. The van der Waals surface area contributed by atoms with E-state index < -0.39 is 9.84 Å². The van der Waals surface area contributed by atoms with Gasteiger partial charge >= 0.3 is 0 Å². The highest BCUT2D eigenvalue weighted by atomic mass is 32.2. The SMILES string of the molecule is CS(=O)(=O)c1ccc(NC(=O)COCCN)cn1. The van der Waals surface area contributed by atoms with Crippen LogP contribution in [0.25, 0.3) is 0 Å². The van der Waals surface area contributed by atoms with Gasteiger partial charge in [0.05, 0.1) is 18.5 Å². The van der Waals surface area contributed by atoms with Crippen LogP contribution in [0.5, 0.6) is 0 Å². The lowest BCUT2D eigenvalue weighted by molar-refractivity contribution is -0.120. The molecule has 0 aliphatic rings. The van der Waals surface area contributed by atoms with Gasteiger partial charge in [-0.2, -0.15) is 0 Å². The van der Waals surface area contributed by atoms with Crippen molar-refractivity contribution in [1.29, 1.82) is 0 Å². The van der Waals surface area contributed by atoms with Crippen LogP contribution in [0, 0.1) is 0 Å². The summed E-state index contributed by atoms with van der Waals surface area (Å²) in [5.41, 5.74) is 5.61. The summed E-state index contributed by atoms with van der Waals surface area (Å²) in [6, 6.07) is 2.79. The maximum Gasteiger partial charge on any atom is 0.250 e. The monoisotopic (exact) mass is 273 g/mol. The van der Waals surface area contributed by atoms with E-state index in [1.807, 2.05) is 0 Å². The summed E-state index contributed by atoms with van der Waals surface area (Å²) in [5.74, 6) is -0.350. The van der Waals surface area contributed by atoms with Crippen LogP contribution >= 0.6 is 0 Å². The number of nitrogens with one attached hydrogen (secondary N) is 1. The van der Waals surface area contributed by atoms with Gasteiger partial charge in [0, 0.05) is 12.8 Å². The Labute approximate surface area is 105 Å². The number of nitrogens with zero attached hydrogens (tertiary/aromatic N) is 1.